The van der Waals surface area contributed by atoms with Crippen LogP contribution in [0.1, 0.15) is 5.56 Å². The van der Waals surface area contributed by atoms with Crippen molar-refractivity contribution in [3.8, 4) is 11.6 Å². The molecule has 6 nitrogen and oxygen atoms in total. The van der Waals surface area contributed by atoms with Crippen LogP contribution in [-0.4, -0.2) is 16.9 Å². The largest absolute Gasteiger partial charge is 0.538 e. The predicted molar refractivity (Wildman–Crippen MR) is 98.0 cm³/mol. The van der Waals surface area contributed by atoms with E-state index in [0.717, 1.165) is 17.3 Å². The minimum absolute atomic E-state index is 0.00749. The number of aryl methyl sites for hydroxylation is 1. The van der Waals surface area contributed by atoms with Gasteiger partial charge in [-0.1, -0.05) is 40.9 Å². The van der Waals surface area contributed by atoms with Crippen LogP contribution in [0.4, 0.5) is 5.69 Å². The summed E-state index contributed by atoms with van der Waals surface area (Å²) >= 11 is 12.8. The van der Waals surface area contributed by atoms with Crippen LogP contribution in [0.5, 0.6) is 5.95 Å². The number of rotatable bonds is 5. The van der Waals surface area contributed by atoms with Gasteiger partial charge in [-0.25, -0.2) is 0 Å². The number of halogens is 2. The first-order valence-corrected chi connectivity index (χ1v) is 9.21. The van der Waals surface area contributed by atoms with Crippen molar-refractivity contribution in [3.05, 3.63) is 58.1 Å². The van der Waals surface area contributed by atoms with E-state index in [2.05, 4.69) is 10.6 Å². The first-order valence-electron chi connectivity index (χ1n) is 7.47. The lowest BCUT2D eigenvalue weighted by molar-refractivity contribution is -0.705. The van der Waals surface area contributed by atoms with Gasteiger partial charge in [0, 0.05) is 27.9 Å². The second-order valence-electron chi connectivity index (χ2n) is 5.41. The molecule has 1 aromatic heterocycles. The average molecular weight is 410 g/mol. The van der Waals surface area contributed by atoms with Crippen LogP contribution in [0.25, 0.3) is 5.69 Å². The van der Waals surface area contributed by atoms with Gasteiger partial charge in [0.15, 0.2) is 5.95 Å². The van der Waals surface area contributed by atoms with Crippen molar-refractivity contribution in [2.75, 3.05) is 11.1 Å². The van der Waals surface area contributed by atoms with E-state index in [4.69, 9.17) is 27.7 Å². The number of aromatic nitrogens is 2. The van der Waals surface area contributed by atoms with Gasteiger partial charge in [-0.05, 0) is 41.6 Å². The first kappa shape index (κ1) is 18.6. The molecule has 0 fully saturated rings. The highest BCUT2D eigenvalue weighted by Gasteiger charge is 2.22. The number of anilines is 1. The molecule has 0 saturated heterocycles. The lowest BCUT2D eigenvalue weighted by Crippen LogP contribution is -2.35. The minimum atomic E-state index is -0.603. The summed E-state index contributed by atoms with van der Waals surface area (Å²) in [4.78, 5) is 12.2. The maximum Gasteiger partial charge on any atom is 0.298 e. The lowest BCUT2D eigenvalue weighted by Gasteiger charge is -2.05. The molecular formula is C17H13Cl2N3O3S. The Kier molecular flexibility index (Phi) is 5.70. The molecule has 0 spiro atoms. The van der Waals surface area contributed by atoms with E-state index in [9.17, 15) is 9.90 Å². The molecule has 3 aromatic rings. The highest BCUT2D eigenvalue weighted by Crippen LogP contribution is 2.25. The van der Waals surface area contributed by atoms with Gasteiger partial charge in [-0.2, -0.15) is 0 Å². The molecule has 0 radical (unpaired) electrons. The molecule has 0 saturated carbocycles. The van der Waals surface area contributed by atoms with E-state index >= 15 is 0 Å². The van der Waals surface area contributed by atoms with Crippen molar-refractivity contribution < 1.29 is 19.1 Å². The summed E-state index contributed by atoms with van der Waals surface area (Å²) in [6.45, 7) is 1.96. The SMILES string of the molecule is Cc1ccc(-[n+]2noc([O-])c2SCC(=O)Nc2cc(Cl)cc(Cl)c2)cc1. The molecular weight excluding hydrogens is 397 g/mol. The van der Waals surface area contributed by atoms with Crippen molar-refractivity contribution in [3.63, 3.8) is 0 Å². The lowest BCUT2D eigenvalue weighted by atomic mass is 10.2. The van der Waals surface area contributed by atoms with E-state index in [1.165, 1.54) is 4.68 Å². The molecule has 1 amide bonds. The molecule has 0 atom stereocenters. The predicted octanol–water partition coefficient (Wildman–Crippen LogP) is 3.37. The summed E-state index contributed by atoms with van der Waals surface area (Å²) in [7, 11) is 0. The standard InChI is InChI=1S/C17H13Cl2N3O3S/c1-10-2-4-14(5-3-10)22-16(17(24)25-21-22)26-9-15(23)20-13-7-11(18)6-12(19)8-13/h2-8H,9H2,1H3,(H-,20,21,23,24). The smallest absolute Gasteiger partial charge is 0.298 e. The van der Waals surface area contributed by atoms with E-state index in [0.29, 0.717) is 21.4 Å². The normalized spacial score (nSPS) is 10.7. The number of benzene rings is 2. The van der Waals surface area contributed by atoms with Crippen molar-refractivity contribution in [2.45, 2.75) is 11.9 Å². The molecule has 0 bridgehead atoms. The van der Waals surface area contributed by atoms with Gasteiger partial charge in [0.25, 0.3) is 5.03 Å². The van der Waals surface area contributed by atoms with Gasteiger partial charge in [0.05, 0.1) is 11.0 Å². The summed E-state index contributed by atoms with van der Waals surface area (Å²) in [5, 5.41) is 19.4. The van der Waals surface area contributed by atoms with E-state index in [1.807, 2.05) is 31.2 Å². The highest BCUT2D eigenvalue weighted by atomic mass is 35.5. The molecule has 0 unspecified atom stereocenters. The number of hydrogen-bond acceptors (Lipinski definition) is 5. The van der Waals surface area contributed by atoms with E-state index in [1.54, 1.807) is 18.2 Å². The first-order chi connectivity index (χ1) is 12.4. The second-order valence-corrected chi connectivity index (χ2v) is 7.24. The van der Waals surface area contributed by atoms with Crippen LogP contribution in [0.3, 0.4) is 0 Å². The topological polar surface area (TPSA) is 82.1 Å². The molecule has 0 aliphatic heterocycles. The molecule has 26 heavy (non-hydrogen) atoms. The highest BCUT2D eigenvalue weighted by molar-refractivity contribution is 7.99. The van der Waals surface area contributed by atoms with Gasteiger partial charge in [-0.15, -0.1) is 0 Å². The van der Waals surface area contributed by atoms with Gasteiger partial charge in [0.2, 0.25) is 11.6 Å². The third-order valence-electron chi connectivity index (χ3n) is 3.34. The Morgan fingerprint density at radius 3 is 2.54 bits per heavy atom. The molecule has 0 aliphatic carbocycles. The van der Waals surface area contributed by atoms with E-state index < -0.39 is 5.95 Å². The summed E-state index contributed by atoms with van der Waals surface area (Å²) in [6.07, 6.45) is 0. The second kappa shape index (κ2) is 7.99. The van der Waals surface area contributed by atoms with Crippen molar-refractivity contribution in [1.29, 1.82) is 0 Å². The van der Waals surface area contributed by atoms with Crippen molar-refractivity contribution in [1.82, 2.24) is 5.27 Å². The van der Waals surface area contributed by atoms with Gasteiger partial charge in [0.1, 0.15) is 0 Å². The Labute approximate surface area is 163 Å². The van der Waals surface area contributed by atoms with Crippen LogP contribution >= 0.6 is 35.0 Å². The summed E-state index contributed by atoms with van der Waals surface area (Å²) in [5.41, 5.74) is 2.23. The summed E-state index contributed by atoms with van der Waals surface area (Å²) in [5.74, 6) is -0.925. The third-order valence-corrected chi connectivity index (χ3v) is 4.79. The Bertz CT molecular complexity index is 925. The number of carbonyl (C=O) groups excluding carboxylic acids is 1. The molecule has 0 aliphatic rings. The number of amides is 1. The fourth-order valence-corrected chi connectivity index (χ4v) is 3.45. The van der Waals surface area contributed by atoms with Gasteiger partial charge < -0.3 is 14.9 Å². The fourth-order valence-electron chi connectivity index (χ4n) is 2.17. The molecule has 3 rings (SSSR count). The molecule has 1 heterocycles. The fraction of sp³-hybridized carbons (Fsp3) is 0.118. The zero-order valence-corrected chi connectivity index (χ0v) is 15.9. The van der Waals surface area contributed by atoms with Crippen LogP contribution in [-0.2, 0) is 4.79 Å². The zero-order valence-electron chi connectivity index (χ0n) is 13.5. The number of thioether (sulfide) groups is 1. The average Bonchev–Trinajstić information content (AvgIpc) is 2.93. The monoisotopic (exact) mass is 409 g/mol. The molecule has 9 heteroatoms. The van der Waals surface area contributed by atoms with E-state index in [-0.39, 0.29) is 16.7 Å². The van der Waals surface area contributed by atoms with Crippen LogP contribution in [0, 0.1) is 6.92 Å². The number of hydrogen-bond donors (Lipinski definition) is 1. The van der Waals surface area contributed by atoms with Crippen LogP contribution in [0.2, 0.25) is 10.0 Å². The molecule has 2 aromatic carbocycles. The van der Waals surface area contributed by atoms with Gasteiger partial charge >= 0.3 is 0 Å². The Hall–Kier alpha value is -2.22. The Balaban J connectivity index is 1.70. The molecule has 1 N–H and O–H groups in total. The van der Waals surface area contributed by atoms with Crippen molar-refractivity contribution in [2.24, 2.45) is 0 Å². The number of nitrogens with one attached hydrogen (secondary N) is 1. The Morgan fingerprint density at radius 2 is 1.88 bits per heavy atom. The maximum atomic E-state index is 12.2. The summed E-state index contributed by atoms with van der Waals surface area (Å²) in [6, 6.07) is 12.2. The zero-order chi connectivity index (χ0) is 18.7. The number of carbonyl (C=O) groups is 1. The van der Waals surface area contributed by atoms with Crippen LogP contribution < -0.4 is 15.1 Å². The summed E-state index contributed by atoms with van der Waals surface area (Å²) < 4.78 is 6.10. The minimum Gasteiger partial charge on any atom is -0.538 e. The Morgan fingerprint density at radius 1 is 1.23 bits per heavy atom. The van der Waals surface area contributed by atoms with Crippen LogP contribution in [0.15, 0.2) is 52.0 Å². The molecule has 134 valence electrons. The van der Waals surface area contributed by atoms with Gasteiger partial charge in [-0.3, -0.25) is 4.79 Å². The van der Waals surface area contributed by atoms with Crippen molar-refractivity contribution >= 4 is 46.6 Å². The third kappa shape index (κ3) is 4.49. The number of nitrogens with zero attached hydrogens (tertiary/aromatic N) is 2. The maximum absolute atomic E-state index is 12.2. The quantitative estimate of drug-likeness (QED) is 0.515.